The number of ether oxygens (including phenoxy) is 2. The van der Waals surface area contributed by atoms with Gasteiger partial charge in [-0.05, 0) is 49.8 Å². The van der Waals surface area contributed by atoms with Crippen LogP contribution in [0.1, 0.15) is 37.7 Å². The lowest BCUT2D eigenvalue weighted by Crippen LogP contribution is -2.50. The van der Waals surface area contributed by atoms with Crippen LogP contribution >= 0.6 is 0 Å². The summed E-state index contributed by atoms with van der Waals surface area (Å²) in [6, 6.07) is 6.32. The van der Waals surface area contributed by atoms with Crippen LogP contribution in [0.5, 0.6) is 11.5 Å². The second-order valence-electron chi connectivity index (χ2n) is 8.09. The Bertz CT molecular complexity index is 659. The summed E-state index contributed by atoms with van der Waals surface area (Å²) < 4.78 is 10.9. The van der Waals surface area contributed by atoms with Crippen molar-refractivity contribution in [2.75, 3.05) is 33.9 Å². The Kier molecular flexibility index (Phi) is 5.07. The summed E-state index contributed by atoms with van der Waals surface area (Å²) in [6.07, 6.45) is 6.12. The largest absolute Gasteiger partial charge is 0.497 e. The third-order valence-corrected chi connectivity index (χ3v) is 6.43. The van der Waals surface area contributed by atoms with E-state index >= 15 is 0 Å². The number of carbonyl (C=O) groups excluding carboxylic acids is 1. The first-order valence-corrected chi connectivity index (χ1v) is 9.91. The highest BCUT2D eigenvalue weighted by molar-refractivity contribution is 5.80. The average Bonchev–Trinajstić information content (AvgIpc) is 2.88. The fraction of sp³-hybridized carbons (Fsp3) is 0.667. The van der Waals surface area contributed by atoms with Gasteiger partial charge in [0.1, 0.15) is 11.5 Å². The molecule has 0 aromatic heterocycles. The van der Waals surface area contributed by atoms with Crippen molar-refractivity contribution < 1.29 is 14.3 Å². The Morgan fingerprint density at radius 2 is 1.92 bits per heavy atom. The molecule has 1 aromatic carbocycles. The summed E-state index contributed by atoms with van der Waals surface area (Å²) in [7, 11) is 3.40. The molecular weight excluding hydrogens is 328 g/mol. The Balaban J connectivity index is 1.50. The molecule has 1 aliphatic carbocycles. The number of piperidine rings is 1. The maximum atomic E-state index is 13.0. The summed E-state index contributed by atoms with van der Waals surface area (Å²) in [4.78, 5) is 17.6. The molecule has 3 heterocycles. The van der Waals surface area contributed by atoms with E-state index in [1.807, 2.05) is 12.1 Å². The number of rotatable bonds is 6. The summed E-state index contributed by atoms with van der Waals surface area (Å²) in [5.74, 6) is 3.03. The molecule has 2 bridgehead atoms. The molecule has 5 heteroatoms. The molecule has 142 valence electrons. The molecule has 26 heavy (non-hydrogen) atoms. The quantitative estimate of drug-likeness (QED) is 0.784. The van der Waals surface area contributed by atoms with Crippen molar-refractivity contribution in [1.82, 2.24) is 9.80 Å². The SMILES string of the molecule is COc1ccc(OC)c(CN2C[C@@H]3CC[C@H](C2)N(CC2CCC2)C3=O)c1. The minimum atomic E-state index is 0.158. The third-order valence-electron chi connectivity index (χ3n) is 6.43. The van der Waals surface area contributed by atoms with E-state index in [1.54, 1.807) is 14.2 Å². The van der Waals surface area contributed by atoms with Gasteiger partial charge in [0.2, 0.25) is 5.91 Å². The second kappa shape index (κ2) is 7.47. The highest BCUT2D eigenvalue weighted by Crippen LogP contribution is 2.35. The van der Waals surface area contributed by atoms with Crippen LogP contribution in [0.3, 0.4) is 0 Å². The lowest BCUT2D eigenvalue weighted by molar-refractivity contribution is -0.141. The number of amides is 1. The van der Waals surface area contributed by atoms with Crippen molar-refractivity contribution >= 4 is 5.91 Å². The molecule has 0 N–H and O–H groups in total. The molecule has 1 aromatic rings. The van der Waals surface area contributed by atoms with Gasteiger partial charge in [-0.15, -0.1) is 0 Å². The van der Waals surface area contributed by atoms with Gasteiger partial charge in [0.15, 0.2) is 0 Å². The molecule has 3 saturated heterocycles. The number of carbonyl (C=O) groups is 1. The molecule has 4 fully saturated rings. The molecule has 0 spiro atoms. The van der Waals surface area contributed by atoms with E-state index in [-0.39, 0.29) is 5.92 Å². The number of methoxy groups -OCH3 is 2. The molecule has 1 saturated carbocycles. The van der Waals surface area contributed by atoms with Crippen molar-refractivity contribution in [2.24, 2.45) is 11.8 Å². The van der Waals surface area contributed by atoms with Crippen LogP contribution in [-0.2, 0) is 11.3 Å². The first-order valence-electron chi connectivity index (χ1n) is 9.91. The van der Waals surface area contributed by atoms with Crippen LogP contribution in [0, 0.1) is 11.8 Å². The molecule has 1 amide bonds. The van der Waals surface area contributed by atoms with E-state index in [4.69, 9.17) is 9.47 Å². The minimum absolute atomic E-state index is 0.158. The maximum absolute atomic E-state index is 13.0. The molecule has 0 unspecified atom stereocenters. The average molecular weight is 358 g/mol. The number of nitrogens with zero attached hydrogens (tertiary/aromatic N) is 2. The predicted molar refractivity (Wildman–Crippen MR) is 100 cm³/mol. The van der Waals surface area contributed by atoms with Gasteiger partial charge in [-0.25, -0.2) is 0 Å². The summed E-state index contributed by atoms with van der Waals surface area (Å²) >= 11 is 0. The van der Waals surface area contributed by atoms with Crippen molar-refractivity contribution in [2.45, 2.75) is 44.7 Å². The van der Waals surface area contributed by atoms with Gasteiger partial charge in [-0.1, -0.05) is 6.42 Å². The van der Waals surface area contributed by atoms with Gasteiger partial charge in [0.05, 0.1) is 20.1 Å². The topological polar surface area (TPSA) is 42.0 Å². The monoisotopic (exact) mass is 358 g/mol. The molecule has 5 rings (SSSR count). The first kappa shape index (κ1) is 17.7. The number of fused-ring (bicyclic) bond motifs is 4. The number of hydrogen-bond donors (Lipinski definition) is 0. The molecule has 2 atom stereocenters. The third kappa shape index (κ3) is 3.41. The van der Waals surface area contributed by atoms with E-state index < -0.39 is 0 Å². The van der Waals surface area contributed by atoms with Crippen LogP contribution in [0.15, 0.2) is 18.2 Å². The second-order valence-corrected chi connectivity index (χ2v) is 8.09. The van der Waals surface area contributed by atoms with Crippen molar-refractivity contribution in [3.8, 4) is 11.5 Å². The fourth-order valence-electron chi connectivity index (χ4n) is 4.70. The zero-order valence-corrected chi connectivity index (χ0v) is 15.9. The highest BCUT2D eigenvalue weighted by Gasteiger charge is 2.41. The summed E-state index contributed by atoms with van der Waals surface area (Å²) in [5.41, 5.74) is 1.13. The van der Waals surface area contributed by atoms with Crippen LogP contribution in [0.4, 0.5) is 0 Å². The smallest absolute Gasteiger partial charge is 0.227 e. The van der Waals surface area contributed by atoms with Crippen molar-refractivity contribution in [3.05, 3.63) is 23.8 Å². The first-order chi connectivity index (χ1) is 12.7. The van der Waals surface area contributed by atoms with Crippen LogP contribution in [0.25, 0.3) is 0 Å². The zero-order valence-electron chi connectivity index (χ0n) is 15.9. The lowest BCUT2D eigenvalue weighted by Gasteiger charge is -2.40. The van der Waals surface area contributed by atoms with Crippen LogP contribution < -0.4 is 9.47 Å². The van der Waals surface area contributed by atoms with Gasteiger partial charge in [0, 0.05) is 37.8 Å². The maximum Gasteiger partial charge on any atom is 0.227 e. The Hall–Kier alpha value is -1.75. The summed E-state index contributed by atoms with van der Waals surface area (Å²) in [6.45, 7) is 3.61. The van der Waals surface area contributed by atoms with Crippen molar-refractivity contribution in [3.63, 3.8) is 0 Å². The van der Waals surface area contributed by atoms with Gasteiger partial charge in [-0.3, -0.25) is 9.69 Å². The Morgan fingerprint density at radius 3 is 2.62 bits per heavy atom. The van der Waals surface area contributed by atoms with Crippen LogP contribution in [0.2, 0.25) is 0 Å². The minimum Gasteiger partial charge on any atom is -0.497 e. The molecule has 0 radical (unpaired) electrons. The van der Waals surface area contributed by atoms with E-state index in [9.17, 15) is 4.79 Å². The lowest BCUT2D eigenvalue weighted by atomic mass is 9.83. The van der Waals surface area contributed by atoms with Gasteiger partial charge >= 0.3 is 0 Å². The predicted octanol–water partition coefficient (Wildman–Crippen LogP) is 2.93. The van der Waals surface area contributed by atoms with Gasteiger partial charge in [-0.2, -0.15) is 0 Å². The Labute approximate surface area is 156 Å². The molecular formula is C21H30N2O3. The molecule has 3 aliphatic heterocycles. The van der Waals surface area contributed by atoms with Crippen LogP contribution in [-0.4, -0.2) is 55.6 Å². The number of hydrogen-bond acceptors (Lipinski definition) is 4. The fourth-order valence-corrected chi connectivity index (χ4v) is 4.70. The zero-order chi connectivity index (χ0) is 18.1. The van der Waals surface area contributed by atoms with Gasteiger partial charge in [0.25, 0.3) is 0 Å². The van der Waals surface area contributed by atoms with E-state index in [0.717, 1.165) is 62.0 Å². The highest BCUT2D eigenvalue weighted by atomic mass is 16.5. The van der Waals surface area contributed by atoms with E-state index in [2.05, 4.69) is 15.9 Å². The van der Waals surface area contributed by atoms with E-state index in [1.165, 1.54) is 19.3 Å². The standard InChI is InChI=1S/C21H30N2O3/c1-25-19-8-9-20(26-2)17(10-19)13-22-12-16-6-7-18(14-22)23(21(16)24)11-15-4-3-5-15/h8-10,15-16,18H,3-7,11-14H2,1-2H3/t16-,18+/m0/s1. The van der Waals surface area contributed by atoms with Gasteiger partial charge < -0.3 is 14.4 Å². The summed E-state index contributed by atoms with van der Waals surface area (Å²) in [5, 5.41) is 0. The molecule has 5 nitrogen and oxygen atoms in total. The number of benzene rings is 1. The molecule has 4 aliphatic rings. The van der Waals surface area contributed by atoms with Crippen molar-refractivity contribution in [1.29, 1.82) is 0 Å². The Morgan fingerprint density at radius 1 is 1.08 bits per heavy atom. The normalized spacial score (nSPS) is 26.5. The van der Waals surface area contributed by atoms with E-state index in [0.29, 0.717) is 11.9 Å².